The lowest BCUT2D eigenvalue weighted by atomic mass is 9.99. The number of fused-ring (bicyclic) bond motifs is 1. The van der Waals surface area contributed by atoms with E-state index in [1.54, 1.807) is 12.0 Å². The number of benzene rings is 1. The molecule has 25 heavy (non-hydrogen) atoms. The molecule has 1 aliphatic rings. The number of nitrogens with one attached hydrogen (secondary N) is 1. The highest BCUT2D eigenvalue weighted by molar-refractivity contribution is 7.90. The van der Waals surface area contributed by atoms with E-state index in [0.29, 0.717) is 18.8 Å². The molecule has 6 nitrogen and oxygen atoms in total. The third-order valence-corrected chi connectivity index (χ3v) is 5.90. The van der Waals surface area contributed by atoms with Crippen LogP contribution >= 0.6 is 0 Å². The second-order valence-electron chi connectivity index (χ2n) is 6.89. The minimum Gasteiger partial charge on any atom is -0.497 e. The first-order chi connectivity index (χ1) is 11.8. The van der Waals surface area contributed by atoms with Crippen LogP contribution in [0.3, 0.4) is 0 Å². The number of aryl methyl sites for hydroxylation is 1. The Bertz CT molecular complexity index is 901. The van der Waals surface area contributed by atoms with Crippen molar-refractivity contribution in [1.82, 2.24) is 9.88 Å². The number of carbonyl (C=O) groups is 1. The molecule has 0 bridgehead atoms. The molecule has 1 amide bonds. The van der Waals surface area contributed by atoms with Crippen molar-refractivity contribution in [3.63, 3.8) is 0 Å². The quantitative estimate of drug-likeness (QED) is 0.903. The van der Waals surface area contributed by atoms with Crippen LogP contribution in [-0.4, -0.2) is 56.4 Å². The van der Waals surface area contributed by atoms with Gasteiger partial charge in [0.05, 0.1) is 12.9 Å². The molecule has 2 heterocycles. The zero-order valence-electron chi connectivity index (χ0n) is 14.8. The summed E-state index contributed by atoms with van der Waals surface area (Å²) in [6, 6.07) is 5.68. The van der Waals surface area contributed by atoms with E-state index in [2.05, 4.69) is 4.98 Å². The van der Waals surface area contributed by atoms with Crippen LogP contribution in [0.5, 0.6) is 5.75 Å². The molecule has 2 aromatic rings. The summed E-state index contributed by atoms with van der Waals surface area (Å²) in [6.45, 7) is 3.07. The maximum atomic E-state index is 13.0. The highest BCUT2D eigenvalue weighted by atomic mass is 32.2. The number of likely N-dealkylation sites (tertiary alicyclic amines) is 1. The van der Waals surface area contributed by atoms with Crippen molar-refractivity contribution >= 4 is 26.6 Å². The number of rotatable bonds is 4. The summed E-state index contributed by atoms with van der Waals surface area (Å²) in [5, 5.41) is 0.965. The molecule has 1 aliphatic heterocycles. The third-order valence-electron chi connectivity index (χ3n) is 4.82. The normalized spacial score (nSPS) is 18.5. The van der Waals surface area contributed by atoms with Gasteiger partial charge < -0.3 is 14.6 Å². The van der Waals surface area contributed by atoms with Crippen LogP contribution in [0.15, 0.2) is 18.2 Å². The number of aromatic nitrogens is 1. The van der Waals surface area contributed by atoms with Crippen LogP contribution in [0.1, 0.15) is 28.9 Å². The number of H-pyrrole nitrogens is 1. The van der Waals surface area contributed by atoms with Crippen LogP contribution in [0.4, 0.5) is 0 Å². The SMILES string of the molecule is COc1ccc2[nH]c(C(=O)N3CCCC(CS(C)(=O)=O)C3)c(C)c2c1. The van der Waals surface area contributed by atoms with Gasteiger partial charge in [0.1, 0.15) is 21.3 Å². The van der Waals surface area contributed by atoms with E-state index >= 15 is 0 Å². The molecule has 0 aliphatic carbocycles. The van der Waals surface area contributed by atoms with Crippen molar-refractivity contribution in [1.29, 1.82) is 0 Å². The first kappa shape index (κ1) is 17.8. The van der Waals surface area contributed by atoms with Gasteiger partial charge >= 0.3 is 0 Å². The Kier molecular flexibility index (Phi) is 4.77. The first-order valence-electron chi connectivity index (χ1n) is 8.42. The molecule has 1 aromatic heterocycles. The van der Waals surface area contributed by atoms with Crippen LogP contribution in [0.25, 0.3) is 10.9 Å². The number of aromatic amines is 1. The van der Waals surface area contributed by atoms with Crippen molar-refractivity contribution in [2.75, 3.05) is 32.2 Å². The molecule has 1 fully saturated rings. The number of amides is 1. The zero-order chi connectivity index (χ0) is 18.2. The second kappa shape index (κ2) is 6.71. The number of piperidine rings is 1. The second-order valence-corrected chi connectivity index (χ2v) is 9.07. The van der Waals surface area contributed by atoms with Gasteiger partial charge in [0, 0.05) is 30.2 Å². The van der Waals surface area contributed by atoms with Gasteiger partial charge in [0.15, 0.2) is 0 Å². The summed E-state index contributed by atoms with van der Waals surface area (Å²) >= 11 is 0. The Morgan fingerprint density at radius 3 is 2.84 bits per heavy atom. The van der Waals surface area contributed by atoms with Gasteiger partial charge in [-0.05, 0) is 49.4 Å². The topological polar surface area (TPSA) is 79.5 Å². The molecular formula is C18H24N2O4S. The van der Waals surface area contributed by atoms with E-state index in [0.717, 1.165) is 35.1 Å². The van der Waals surface area contributed by atoms with Crippen LogP contribution in [0.2, 0.25) is 0 Å². The van der Waals surface area contributed by atoms with Crippen molar-refractivity contribution < 1.29 is 17.9 Å². The van der Waals surface area contributed by atoms with E-state index in [1.165, 1.54) is 6.26 Å². The number of hydrogen-bond donors (Lipinski definition) is 1. The molecule has 1 atom stereocenters. The number of sulfone groups is 1. The predicted octanol–water partition coefficient (Wildman–Crippen LogP) is 2.38. The van der Waals surface area contributed by atoms with Crippen molar-refractivity contribution in [3.05, 3.63) is 29.5 Å². The summed E-state index contributed by atoms with van der Waals surface area (Å²) in [5.74, 6) is 0.836. The maximum absolute atomic E-state index is 13.0. The number of hydrogen-bond acceptors (Lipinski definition) is 4. The van der Waals surface area contributed by atoms with Crippen molar-refractivity contribution in [2.45, 2.75) is 19.8 Å². The van der Waals surface area contributed by atoms with Crippen LogP contribution < -0.4 is 4.74 Å². The largest absolute Gasteiger partial charge is 0.497 e. The van der Waals surface area contributed by atoms with Crippen molar-refractivity contribution in [2.24, 2.45) is 5.92 Å². The smallest absolute Gasteiger partial charge is 0.270 e. The van der Waals surface area contributed by atoms with Crippen LogP contribution in [-0.2, 0) is 9.84 Å². The summed E-state index contributed by atoms with van der Waals surface area (Å²) < 4.78 is 28.4. The Hall–Kier alpha value is -2.02. The molecule has 1 unspecified atom stereocenters. The fourth-order valence-corrected chi connectivity index (χ4v) is 4.75. The van der Waals surface area contributed by atoms with E-state index in [4.69, 9.17) is 4.74 Å². The number of methoxy groups -OCH3 is 1. The Balaban J connectivity index is 1.85. The van der Waals surface area contributed by atoms with Gasteiger partial charge in [-0.15, -0.1) is 0 Å². The van der Waals surface area contributed by atoms with E-state index in [-0.39, 0.29) is 17.6 Å². The number of carbonyl (C=O) groups excluding carboxylic acids is 1. The predicted molar refractivity (Wildman–Crippen MR) is 97.9 cm³/mol. The minimum atomic E-state index is -3.03. The first-order valence-corrected chi connectivity index (χ1v) is 10.5. The molecule has 0 radical (unpaired) electrons. The number of nitrogens with zero attached hydrogens (tertiary/aromatic N) is 1. The average Bonchev–Trinajstić information content (AvgIpc) is 2.89. The van der Waals surface area contributed by atoms with Gasteiger partial charge in [-0.3, -0.25) is 4.79 Å². The summed E-state index contributed by atoms with van der Waals surface area (Å²) in [5.41, 5.74) is 2.36. The summed E-state index contributed by atoms with van der Waals surface area (Å²) in [4.78, 5) is 18.0. The standard InChI is InChI=1S/C18H24N2O4S/c1-12-15-9-14(24-2)6-7-16(15)19-17(12)18(21)20-8-4-5-13(10-20)11-25(3,22)23/h6-7,9,13,19H,4-5,8,10-11H2,1-3H3. The van der Waals surface area contributed by atoms with Gasteiger partial charge in [-0.1, -0.05) is 0 Å². The molecule has 1 aromatic carbocycles. The minimum absolute atomic E-state index is 0.0116. The Labute approximate surface area is 148 Å². The van der Waals surface area contributed by atoms with Gasteiger partial charge in [0.2, 0.25) is 0 Å². The summed E-state index contributed by atoms with van der Waals surface area (Å²) in [7, 11) is -1.42. The van der Waals surface area contributed by atoms with Crippen LogP contribution in [0, 0.1) is 12.8 Å². The average molecular weight is 364 g/mol. The van der Waals surface area contributed by atoms with E-state index in [9.17, 15) is 13.2 Å². The number of ether oxygens (including phenoxy) is 1. The van der Waals surface area contributed by atoms with Gasteiger partial charge in [-0.2, -0.15) is 0 Å². The van der Waals surface area contributed by atoms with E-state index in [1.807, 2.05) is 25.1 Å². The van der Waals surface area contributed by atoms with E-state index < -0.39 is 9.84 Å². The lowest BCUT2D eigenvalue weighted by Gasteiger charge is -2.32. The zero-order valence-corrected chi connectivity index (χ0v) is 15.6. The van der Waals surface area contributed by atoms with Crippen molar-refractivity contribution in [3.8, 4) is 5.75 Å². The summed E-state index contributed by atoms with van der Waals surface area (Å²) in [6.07, 6.45) is 2.93. The highest BCUT2D eigenvalue weighted by Gasteiger charge is 2.28. The molecular weight excluding hydrogens is 340 g/mol. The molecule has 3 rings (SSSR count). The third kappa shape index (κ3) is 3.81. The fraction of sp³-hybridized carbons (Fsp3) is 0.500. The molecule has 7 heteroatoms. The Morgan fingerprint density at radius 1 is 1.40 bits per heavy atom. The van der Waals surface area contributed by atoms with Gasteiger partial charge in [0.25, 0.3) is 5.91 Å². The monoisotopic (exact) mass is 364 g/mol. The molecule has 0 spiro atoms. The highest BCUT2D eigenvalue weighted by Crippen LogP contribution is 2.28. The molecule has 136 valence electrons. The lowest BCUT2D eigenvalue weighted by molar-refractivity contribution is 0.0678. The maximum Gasteiger partial charge on any atom is 0.270 e. The van der Waals surface area contributed by atoms with Gasteiger partial charge in [-0.25, -0.2) is 8.42 Å². The lowest BCUT2D eigenvalue weighted by Crippen LogP contribution is -2.42. The molecule has 1 saturated heterocycles. The molecule has 0 saturated carbocycles. The Morgan fingerprint density at radius 2 is 2.16 bits per heavy atom. The molecule has 1 N–H and O–H groups in total. The fourth-order valence-electron chi connectivity index (χ4n) is 3.62.